The number of hydrogen-bond donors (Lipinski definition) is 0. The molecule has 2 heterocycles. The molecule has 23 heavy (non-hydrogen) atoms. The van der Waals surface area contributed by atoms with Crippen LogP contribution in [0.4, 0.5) is 13.2 Å². The molecule has 116 valence electrons. The Bertz CT molecular complexity index is 989. The number of aromatic nitrogens is 2. The number of rotatable bonds is 0. The molecule has 3 nitrogen and oxygen atoms in total. The Hall–Kier alpha value is -2.63. The van der Waals surface area contributed by atoms with Gasteiger partial charge in [0.2, 0.25) is 0 Å². The molecule has 0 saturated carbocycles. The largest absolute Gasteiger partial charge is 0.416 e. The van der Waals surface area contributed by atoms with Crippen molar-refractivity contribution in [2.75, 3.05) is 0 Å². The van der Waals surface area contributed by atoms with Crippen LogP contribution in [0.1, 0.15) is 11.1 Å². The summed E-state index contributed by atoms with van der Waals surface area (Å²) >= 11 is 0. The molecular weight excluding hydrogens is 305 g/mol. The van der Waals surface area contributed by atoms with Crippen LogP contribution in [0.2, 0.25) is 0 Å². The summed E-state index contributed by atoms with van der Waals surface area (Å²) in [5.41, 5.74) is 0.973. The van der Waals surface area contributed by atoms with Crippen LogP contribution in [0, 0.1) is 0 Å². The summed E-state index contributed by atoms with van der Waals surface area (Å²) in [6, 6.07) is 10.7. The lowest BCUT2D eigenvalue weighted by atomic mass is 10.00. The van der Waals surface area contributed by atoms with Crippen molar-refractivity contribution < 1.29 is 13.2 Å². The average Bonchev–Trinajstić information content (AvgIpc) is 2.54. The predicted molar refractivity (Wildman–Crippen MR) is 80.1 cm³/mol. The zero-order valence-electron chi connectivity index (χ0n) is 11.9. The Morgan fingerprint density at radius 3 is 2.65 bits per heavy atom. The van der Waals surface area contributed by atoms with Crippen LogP contribution in [-0.2, 0) is 19.1 Å². The van der Waals surface area contributed by atoms with E-state index < -0.39 is 17.3 Å². The van der Waals surface area contributed by atoms with E-state index in [1.807, 2.05) is 24.3 Å². The first kappa shape index (κ1) is 14.0. The van der Waals surface area contributed by atoms with E-state index in [4.69, 9.17) is 0 Å². The van der Waals surface area contributed by atoms with E-state index >= 15 is 0 Å². The van der Waals surface area contributed by atoms with Crippen molar-refractivity contribution in [2.24, 2.45) is 0 Å². The second-order valence-corrected chi connectivity index (χ2v) is 5.53. The lowest BCUT2D eigenvalue weighted by molar-refractivity contribution is -0.137. The molecule has 0 saturated heterocycles. The van der Waals surface area contributed by atoms with Gasteiger partial charge in [0.15, 0.2) is 0 Å². The van der Waals surface area contributed by atoms with Crippen LogP contribution in [-0.4, -0.2) is 9.55 Å². The van der Waals surface area contributed by atoms with Crippen molar-refractivity contribution in [3.8, 4) is 11.4 Å². The SMILES string of the molecule is O=c1c2cc(C(F)(F)F)ccc2nc2n1CCc1ccccc1-2. The average molecular weight is 316 g/mol. The van der Waals surface area contributed by atoms with Crippen LogP contribution < -0.4 is 5.56 Å². The highest BCUT2D eigenvalue weighted by Gasteiger charge is 2.31. The van der Waals surface area contributed by atoms with Gasteiger partial charge in [0, 0.05) is 12.1 Å². The number of halogens is 3. The maximum absolute atomic E-state index is 12.9. The van der Waals surface area contributed by atoms with Crippen LogP contribution in [0.5, 0.6) is 0 Å². The maximum atomic E-state index is 12.9. The molecule has 0 amide bonds. The maximum Gasteiger partial charge on any atom is 0.416 e. The third-order valence-corrected chi connectivity index (χ3v) is 4.14. The van der Waals surface area contributed by atoms with E-state index in [1.54, 1.807) is 0 Å². The topological polar surface area (TPSA) is 34.9 Å². The molecular formula is C17H11F3N2O. The minimum atomic E-state index is -4.48. The zero-order valence-corrected chi connectivity index (χ0v) is 11.9. The fourth-order valence-electron chi connectivity index (χ4n) is 3.00. The highest BCUT2D eigenvalue weighted by atomic mass is 19.4. The van der Waals surface area contributed by atoms with E-state index in [2.05, 4.69) is 4.98 Å². The molecule has 0 N–H and O–H groups in total. The van der Waals surface area contributed by atoms with Crippen LogP contribution >= 0.6 is 0 Å². The van der Waals surface area contributed by atoms with Gasteiger partial charge >= 0.3 is 6.18 Å². The van der Waals surface area contributed by atoms with E-state index in [-0.39, 0.29) is 10.9 Å². The highest BCUT2D eigenvalue weighted by molar-refractivity contribution is 5.81. The molecule has 0 atom stereocenters. The van der Waals surface area contributed by atoms with Gasteiger partial charge in [-0.15, -0.1) is 0 Å². The standard InChI is InChI=1S/C17H11F3N2O/c18-17(19,20)11-5-6-14-13(9-11)16(23)22-8-7-10-3-1-2-4-12(10)15(22)21-14/h1-6,9H,7-8H2. The molecule has 1 aromatic heterocycles. The van der Waals surface area contributed by atoms with Gasteiger partial charge < -0.3 is 0 Å². The van der Waals surface area contributed by atoms with Crippen molar-refractivity contribution in [3.05, 3.63) is 63.9 Å². The molecule has 0 bridgehead atoms. The van der Waals surface area contributed by atoms with Crippen molar-refractivity contribution in [1.29, 1.82) is 0 Å². The quantitative estimate of drug-likeness (QED) is 0.635. The fourth-order valence-corrected chi connectivity index (χ4v) is 3.00. The lowest BCUT2D eigenvalue weighted by Crippen LogP contribution is -2.27. The van der Waals surface area contributed by atoms with Crippen LogP contribution in [0.3, 0.4) is 0 Å². The molecule has 0 spiro atoms. The zero-order chi connectivity index (χ0) is 16.2. The van der Waals surface area contributed by atoms with Gasteiger partial charge in [-0.3, -0.25) is 9.36 Å². The number of benzene rings is 2. The molecule has 1 aliphatic rings. The van der Waals surface area contributed by atoms with Gasteiger partial charge in [-0.1, -0.05) is 24.3 Å². The van der Waals surface area contributed by atoms with E-state index in [0.717, 1.165) is 23.3 Å². The van der Waals surface area contributed by atoms with Crippen molar-refractivity contribution in [2.45, 2.75) is 19.1 Å². The minimum absolute atomic E-state index is 0.00274. The molecule has 0 fully saturated rings. The van der Waals surface area contributed by atoms with Gasteiger partial charge in [-0.25, -0.2) is 4.98 Å². The Kier molecular flexibility index (Phi) is 2.85. The van der Waals surface area contributed by atoms with Gasteiger partial charge in [0.05, 0.1) is 16.5 Å². The summed E-state index contributed by atoms with van der Waals surface area (Å²) in [4.78, 5) is 17.1. The third-order valence-electron chi connectivity index (χ3n) is 4.14. The Labute approximate surface area is 129 Å². The van der Waals surface area contributed by atoms with Gasteiger partial charge in [-0.2, -0.15) is 13.2 Å². The van der Waals surface area contributed by atoms with Crippen LogP contribution in [0.15, 0.2) is 47.3 Å². The molecule has 3 aromatic rings. The molecule has 0 unspecified atom stereocenters. The molecule has 0 aliphatic carbocycles. The summed E-state index contributed by atoms with van der Waals surface area (Å²) in [6.07, 6.45) is -3.82. The monoisotopic (exact) mass is 316 g/mol. The highest BCUT2D eigenvalue weighted by Crippen LogP contribution is 2.32. The first-order valence-electron chi connectivity index (χ1n) is 7.15. The van der Waals surface area contributed by atoms with Gasteiger partial charge in [0.1, 0.15) is 5.82 Å². The summed E-state index contributed by atoms with van der Waals surface area (Å²) in [6.45, 7) is 0.421. The predicted octanol–water partition coefficient (Wildman–Crippen LogP) is 3.64. The number of fused-ring (bicyclic) bond motifs is 4. The molecule has 2 aromatic carbocycles. The number of alkyl halides is 3. The number of hydrogen-bond acceptors (Lipinski definition) is 2. The summed E-state index contributed by atoms with van der Waals surface area (Å²) in [5, 5.41) is 0.00274. The summed E-state index contributed by atoms with van der Waals surface area (Å²) in [5.74, 6) is 0.518. The Balaban J connectivity index is 2.03. The molecule has 6 heteroatoms. The third kappa shape index (κ3) is 2.13. The molecule has 4 rings (SSSR count). The van der Waals surface area contributed by atoms with E-state index in [9.17, 15) is 18.0 Å². The summed E-state index contributed by atoms with van der Waals surface area (Å²) < 4.78 is 40.0. The first-order chi connectivity index (χ1) is 10.9. The number of aryl methyl sites for hydroxylation is 1. The van der Waals surface area contributed by atoms with Crippen molar-refractivity contribution in [3.63, 3.8) is 0 Å². The smallest absolute Gasteiger partial charge is 0.292 e. The van der Waals surface area contributed by atoms with Crippen molar-refractivity contribution >= 4 is 10.9 Å². The van der Waals surface area contributed by atoms with Gasteiger partial charge in [-0.05, 0) is 30.2 Å². The second-order valence-electron chi connectivity index (χ2n) is 5.53. The van der Waals surface area contributed by atoms with Crippen LogP contribution in [0.25, 0.3) is 22.3 Å². The molecule has 0 radical (unpaired) electrons. The first-order valence-corrected chi connectivity index (χ1v) is 7.15. The van der Waals surface area contributed by atoms with E-state index in [1.165, 1.54) is 10.6 Å². The van der Waals surface area contributed by atoms with Crippen molar-refractivity contribution in [1.82, 2.24) is 9.55 Å². The summed E-state index contributed by atoms with van der Waals surface area (Å²) in [7, 11) is 0. The second kappa shape index (κ2) is 4.68. The minimum Gasteiger partial charge on any atom is -0.292 e. The molecule has 1 aliphatic heterocycles. The Morgan fingerprint density at radius 1 is 1.09 bits per heavy atom. The Morgan fingerprint density at radius 2 is 1.87 bits per heavy atom. The lowest BCUT2D eigenvalue weighted by Gasteiger charge is -2.21. The normalized spacial score (nSPS) is 13.7. The number of nitrogens with zero attached hydrogens (tertiary/aromatic N) is 2. The fraction of sp³-hybridized carbons (Fsp3) is 0.176. The van der Waals surface area contributed by atoms with Gasteiger partial charge in [0.25, 0.3) is 5.56 Å². The van der Waals surface area contributed by atoms with E-state index in [0.29, 0.717) is 18.8 Å².